The molecule has 0 aliphatic carbocycles. The summed E-state index contributed by atoms with van der Waals surface area (Å²) in [6, 6.07) is 2.85. The Morgan fingerprint density at radius 1 is 1.47 bits per heavy atom. The van der Waals surface area contributed by atoms with E-state index in [0.717, 1.165) is 5.01 Å². The number of carboxylic acid groups (broad SMARTS) is 1. The summed E-state index contributed by atoms with van der Waals surface area (Å²) < 4.78 is 5.03. The van der Waals surface area contributed by atoms with Crippen molar-refractivity contribution < 1.29 is 14.6 Å². The number of rotatable bonds is 4. The molecule has 8 heteroatoms. The maximum atomic E-state index is 11.0. The summed E-state index contributed by atoms with van der Waals surface area (Å²) in [4.78, 5) is 11.0. The Bertz CT molecular complexity index is 630. The second kappa shape index (κ2) is 5.41. The zero-order valence-corrected chi connectivity index (χ0v) is 11.7. The van der Waals surface area contributed by atoms with Gasteiger partial charge >= 0.3 is 5.97 Å². The molecule has 0 radical (unpaired) electrons. The smallest absolute Gasteiger partial charge is 0.339 e. The zero-order valence-electron chi connectivity index (χ0n) is 10.1. The summed E-state index contributed by atoms with van der Waals surface area (Å²) in [5, 5.41) is 21.4. The number of hydrogen-bond donors (Lipinski definition) is 2. The monoisotopic (exact) mass is 299 g/mol. The predicted octanol–water partition coefficient (Wildman–Crippen LogP) is 2.95. The van der Waals surface area contributed by atoms with Crippen LogP contribution in [-0.4, -0.2) is 28.4 Å². The van der Waals surface area contributed by atoms with Gasteiger partial charge in [0.25, 0.3) is 0 Å². The van der Waals surface area contributed by atoms with Crippen LogP contribution in [0.2, 0.25) is 5.02 Å². The quantitative estimate of drug-likeness (QED) is 0.903. The van der Waals surface area contributed by atoms with Crippen molar-refractivity contribution >= 4 is 39.7 Å². The number of nitrogens with one attached hydrogen (secondary N) is 1. The number of hydrogen-bond acceptors (Lipinski definition) is 6. The third-order valence-electron chi connectivity index (χ3n) is 2.29. The van der Waals surface area contributed by atoms with Gasteiger partial charge in [-0.15, -0.1) is 10.2 Å². The van der Waals surface area contributed by atoms with Crippen LogP contribution in [0.25, 0.3) is 0 Å². The molecule has 0 spiro atoms. The van der Waals surface area contributed by atoms with E-state index >= 15 is 0 Å². The fraction of sp³-hybridized carbons (Fsp3) is 0.182. The number of aromatic carboxylic acids is 1. The Kier molecular flexibility index (Phi) is 3.87. The molecule has 1 heterocycles. The number of benzene rings is 1. The number of anilines is 2. The molecule has 0 aliphatic heterocycles. The molecule has 2 rings (SSSR count). The minimum absolute atomic E-state index is 0.00601. The Hall–Kier alpha value is -1.86. The van der Waals surface area contributed by atoms with Gasteiger partial charge in [0.15, 0.2) is 0 Å². The third kappa shape index (κ3) is 2.94. The Morgan fingerprint density at radius 2 is 2.21 bits per heavy atom. The molecule has 0 saturated carbocycles. The number of nitrogens with zero attached hydrogens (tertiary/aromatic N) is 2. The van der Waals surface area contributed by atoms with E-state index in [9.17, 15) is 4.79 Å². The fourth-order valence-corrected chi connectivity index (χ4v) is 2.26. The Labute approximate surface area is 118 Å². The van der Waals surface area contributed by atoms with Gasteiger partial charge < -0.3 is 15.2 Å². The molecule has 0 unspecified atom stereocenters. The van der Waals surface area contributed by atoms with E-state index in [0.29, 0.717) is 10.8 Å². The molecule has 19 heavy (non-hydrogen) atoms. The van der Waals surface area contributed by atoms with Crippen LogP contribution in [-0.2, 0) is 0 Å². The lowest BCUT2D eigenvalue weighted by molar-refractivity contribution is 0.0693. The molecule has 0 bridgehead atoms. The van der Waals surface area contributed by atoms with Gasteiger partial charge in [0.2, 0.25) is 5.13 Å². The molecule has 1 aromatic carbocycles. The van der Waals surface area contributed by atoms with Crippen LogP contribution >= 0.6 is 22.9 Å². The van der Waals surface area contributed by atoms with Crippen molar-refractivity contribution in [2.24, 2.45) is 0 Å². The third-order valence-corrected chi connectivity index (χ3v) is 3.35. The van der Waals surface area contributed by atoms with Crippen LogP contribution in [0, 0.1) is 6.92 Å². The van der Waals surface area contributed by atoms with E-state index in [4.69, 9.17) is 21.4 Å². The molecule has 0 aliphatic rings. The first-order valence-corrected chi connectivity index (χ1v) is 6.38. The Morgan fingerprint density at radius 3 is 2.74 bits per heavy atom. The number of methoxy groups -OCH3 is 1. The summed E-state index contributed by atoms with van der Waals surface area (Å²) in [6.45, 7) is 1.83. The second-order valence-electron chi connectivity index (χ2n) is 3.59. The van der Waals surface area contributed by atoms with Crippen molar-refractivity contribution in [3.8, 4) is 5.75 Å². The molecule has 0 amide bonds. The van der Waals surface area contributed by atoms with E-state index < -0.39 is 5.97 Å². The highest BCUT2D eigenvalue weighted by atomic mass is 35.5. The molecular weight excluding hydrogens is 290 g/mol. The van der Waals surface area contributed by atoms with Crippen molar-refractivity contribution in [2.45, 2.75) is 6.92 Å². The predicted molar refractivity (Wildman–Crippen MR) is 72.9 cm³/mol. The number of aromatic nitrogens is 2. The summed E-state index contributed by atoms with van der Waals surface area (Å²) in [5.41, 5.74) is 0.520. The topological polar surface area (TPSA) is 84.3 Å². The molecule has 1 aromatic heterocycles. The first kappa shape index (κ1) is 13.6. The largest absolute Gasteiger partial charge is 0.496 e. The van der Waals surface area contributed by atoms with Crippen LogP contribution in [0.4, 0.5) is 10.8 Å². The molecule has 0 fully saturated rings. The van der Waals surface area contributed by atoms with Gasteiger partial charge in [0.05, 0.1) is 17.8 Å². The standard InChI is InChI=1S/C11H10ClN3O3S/c1-5-14-15-11(19-5)13-8-4-9(18-2)6(10(16)17)3-7(8)12/h3-4H,1-2H3,(H,13,15)(H,16,17). The van der Waals surface area contributed by atoms with Crippen LogP contribution in [0.15, 0.2) is 12.1 Å². The zero-order chi connectivity index (χ0) is 14.0. The number of carboxylic acids is 1. The average Bonchev–Trinajstić information content (AvgIpc) is 2.76. The molecule has 0 atom stereocenters. The molecule has 100 valence electrons. The normalized spacial score (nSPS) is 10.3. The highest BCUT2D eigenvalue weighted by molar-refractivity contribution is 7.15. The number of aryl methyl sites for hydroxylation is 1. The summed E-state index contributed by atoms with van der Waals surface area (Å²) in [5.74, 6) is -0.877. The minimum atomic E-state index is -1.10. The maximum Gasteiger partial charge on any atom is 0.339 e. The minimum Gasteiger partial charge on any atom is -0.496 e. The van der Waals surface area contributed by atoms with Crippen LogP contribution in [0.3, 0.4) is 0 Å². The average molecular weight is 300 g/mol. The molecule has 2 aromatic rings. The van der Waals surface area contributed by atoms with Gasteiger partial charge in [-0.1, -0.05) is 22.9 Å². The SMILES string of the molecule is COc1cc(Nc2nnc(C)s2)c(Cl)cc1C(=O)O. The van der Waals surface area contributed by atoms with E-state index in [-0.39, 0.29) is 16.3 Å². The van der Waals surface area contributed by atoms with Crippen molar-refractivity contribution in [3.05, 3.63) is 27.7 Å². The van der Waals surface area contributed by atoms with Crippen molar-refractivity contribution in [3.63, 3.8) is 0 Å². The van der Waals surface area contributed by atoms with Gasteiger partial charge in [-0.05, 0) is 13.0 Å². The number of carbonyl (C=O) groups is 1. The van der Waals surface area contributed by atoms with Crippen molar-refractivity contribution in [1.82, 2.24) is 10.2 Å². The lowest BCUT2D eigenvalue weighted by atomic mass is 10.2. The van der Waals surface area contributed by atoms with Gasteiger partial charge in [0.1, 0.15) is 16.3 Å². The van der Waals surface area contributed by atoms with Gasteiger partial charge in [0, 0.05) is 6.07 Å². The fourth-order valence-electron chi connectivity index (χ4n) is 1.45. The first-order chi connectivity index (χ1) is 9.01. The van der Waals surface area contributed by atoms with E-state index in [2.05, 4.69) is 15.5 Å². The van der Waals surface area contributed by atoms with Crippen molar-refractivity contribution in [1.29, 1.82) is 0 Å². The van der Waals surface area contributed by atoms with Crippen LogP contribution < -0.4 is 10.1 Å². The van der Waals surface area contributed by atoms with Gasteiger partial charge in [-0.3, -0.25) is 0 Å². The summed E-state index contributed by atoms with van der Waals surface area (Å²) in [6.07, 6.45) is 0. The molecule has 0 saturated heterocycles. The van der Waals surface area contributed by atoms with Crippen LogP contribution in [0.1, 0.15) is 15.4 Å². The van der Waals surface area contributed by atoms with Crippen LogP contribution in [0.5, 0.6) is 5.75 Å². The maximum absolute atomic E-state index is 11.0. The molecule has 6 nitrogen and oxygen atoms in total. The summed E-state index contributed by atoms with van der Waals surface area (Å²) >= 11 is 7.40. The van der Waals surface area contributed by atoms with E-state index in [1.54, 1.807) is 0 Å². The molecule has 2 N–H and O–H groups in total. The lowest BCUT2D eigenvalue weighted by Crippen LogP contribution is -2.02. The highest BCUT2D eigenvalue weighted by Crippen LogP contribution is 2.33. The Balaban J connectivity index is 2.38. The number of ether oxygens (including phenoxy) is 1. The highest BCUT2D eigenvalue weighted by Gasteiger charge is 2.15. The summed E-state index contributed by atoms with van der Waals surface area (Å²) in [7, 11) is 1.40. The number of halogens is 1. The van der Waals surface area contributed by atoms with E-state index in [1.165, 1.54) is 30.6 Å². The lowest BCUT2D eigenvalue weighted by Gasteiger charge is -2.10. The van der Waals surface area contributed by atoms with Gasteiger partial charge in [-0.25, -0.2) is 4.79 Å². The van der Waals surface area contributed by atoms with Crippen molar-refractivity contribution in [2.75, 3.05) is 12.4 Å². The molecular formula is C11H10ClN3O3S. The van der Waals surface area contributed by atoms with E-state index in [1.807, 2.05) is 6.92 Å². The van der Waals surface area contributed by atoms with Gasteiger partial charge in [-0.2, -0.15) is 0 Å². The second-order valence-corrected chi connectivity index (χ2v) is 5.18. The first-order valence-electron chi connectivity index (χ1n) is 5.19.